The van der Waals surface area contributed by atoms with Crippen LogP contribution in [0.4, 0.5) is 4.79 Å². The number of unbranched alkanes of at least 4 members (excludes halogenated alkanes) is 9. The zero-order valence-corrected chi connectivity index (χ0v) is 19.8. The van der Waals surface area contributed by atoms with Crippen molar-refractivity contribution in [2.45, 2.75) is 117 Å². The minimum Gasteiger partial charge on any atom is -0.481 e. The van der Waals surface area contributed by atoms with Crippen molar-refractivity contribution in [3.8, 4) is 0 Å². The van der Waals surface area contributed by atoms with E-state index in [0.29, 0.717) is 19.4 Å². The van der Waals surface area contributed by atoms with E-state index in [1.54, 1.807) is 0 Å². The third-order valence-corrected chi connectivity index (χ3v) is 5.56. The predicted octanol–water partition coefficient (Wildman–Crippen LogP) is 6.42. The van der Waals surface area contributed by atoms with Crippen LogP contribution in [0.15, 0.2) is 0 Å². The molecule has 0 saturated heterocycles. The maximum atomic E-state index is 12.0. The van der Waals surface area contributed by atoms with E-state index < -0.39 is 12.1 Å². The standard InChI is InChI=1S/C24H47NO5/c1-4-7-8-9-10-11-12-13-14-15-17-22(18-19-23(26)27)30-24(28)29-21-16-20-25(5-2)6-3/h22H,4-21H2,1-3H3,(H,26,27)/t22-/m0/s1. The zero-order chi connectivity index (χ0) is 22.5. The highest BCUT2D eigenvalue weighted by Gasteiger charge is 2.17. The topological polar surface area (TPSA) is 76.1 Å². The molecule has 0 aromatic rings. The van der Waals surface area contributed by atoms with Crippen molar-refractivity contribution in [1.29, 1.82) is 0 Å². The van der Waals surface area contributed by atoms with Gasteiger partial charge < -0.3 is 19.5 Å². The van der Waals surface area contributed by atoms with Gasteiger partial charge in [-0.15, -0.1) is 0 Å². The fourth-order valence-corrected chi connectivity index (χ4v) is 3.56. The molecule has 0 rings (SSSR count). The molecule has 0 unspecified atom stereocenters. The second kappa shape index (κ2) is 21.0. The number of hydrogen-bond donors (Lipinski definition) is 1. The van der Waals surface area contributed by atoms with Gasteiger partial charge in [0.15, 0.2) is 0 Å². The summed E-state index contributed by atoms with van der Waals surface area (Å²) in [7, 11) is 0. The molecule has 0 spiro atoms. The molecule has 0 saturated carbocycles. The molecule has 0 aliphatic heterocycles. The van der Waals surface area contributed by atoms with E-state index >= 15 is 0 Å². The van der Waals surface area contributed by atoms with Gasteiger partial charge in [-0.05, 0) is 38.8 Å². The first-order valence-electron chi connectivity index (χ1n) is 12.3. The summed E-state index contributed by atoms with van der Waals surface area (Å²) < 4.78 is 10.6. The fraction of sp³-hybridized carbons (Fsp3) is 0.917. The highest BCUT2D eigenvalue weighted by Crippen LogP contribution is 2.16. The maximum Gasteiger partial charge on any atom is 0.508 e. The van der Waals surface area contributed by atoms with Gasteiger partial charge in [0.1, 0.15) is 6.10 Å². The molecule has 0 aromatic heterocycles. The molecule has 0 aromatic carbocycles. The number of rotatable bonds is 21. The molecular weight excluding hydrogens is 382 g/mol. The van der Waals surface area contributed by atoms with Gasteiger partial charge in [-0.25, -0.2) is 4.79 Å². The molecule has 0 aliphatic carbocycles. The van der Waals surface area contributed by atoms with Gasteiger partial charge in [0.05, 0.1) is 6.61 Å². The summed E-state index contributed by atoms with van der Waals surface area (Å²) in [6.07, 6.45) is 13.2. The van der Waals surface area contributed by atoms with Gasteiger partial charge in [-0.2, -0.15) is 0 Å². The Balaban J connectivity index is 3.96. The molecule has 0 aliphatic rings. The van der Waals surface area contributed by atoms with Crippen molar-refractivity contribution in [2.24, 2.45) is 0 Å². The van der Waals surface area contributed by atoms with Gasteiger partial charge in [0.2, 0.25) is 0 Å². The Bertz CT molecular complexity index is 412. The number of hydrogen-bond acceptors (Lipinski definition) is 5. The van der Waals surface area contributed by atoms with Crippen molar-refractivity contribution in [3.05, 3.63) is 0 Å². The van der Waals surface area contributed by atoms with Crippen LogP contribution in [-0.2, 0) is 14.3 Å². The largest absolute Gasteiger partial charge is 0.508 e. The molecule has 0 bridgehead atoms. The zero-order valence-electron chi connectivity index (χ0n) is 19.8. The second-order valence-corrected chi connectivity index (χ2v) is 8.12. The molecule has 178 valence electrons. The van der Waals surface area contributed by atoms with Crippen LogP contribution in [0.1, 0.15) is 111 Å². The molecule has 0 heterocycles. The average Bonchev–Trinajstić information content (AvgIpc) is 2.73. The first-order chi connectivity index (χ1) is 14.5. The van der Waals surface area contributed by atoms with E-state index in [4.69, 9.17) is 14.6 Å². The second-order valence-electron chi connectivity index (χ2n) is 8.12. The summed E-state index contributed by atoms with van der Waals surface area (Å²) in [4.78, 5) is 25.1. The van der Waals surface area contributed by atoms with Crippen LogP contribution in [0, 0.1) is 0 Å². The molecular formula is C24H47NO5. The number of carboxylic acids is 1. The highest BCUT2D eigenvalue weighted by molar-refractivity contribution is 5.66. The van der Waals surface area contributed by atoms with Gasteiger partial charge in [-0.3, -0.25) is 4.79 Å². The Morgan fingerprint density at radius 3 is 1.90 bits per heavy atom. The van der Waals surface area contributed by atoms with Gasteiger partial charge in [0, 0.05) is 13.0 Å². The van der Waals surface area contributed by atoms with Crippen LogP contribution in [0.25, 0.3) is 0 Å². The van der Waals surface area contributed by atoms with Crippen LogP contribution in [0.5, 0.6) is 0 Å². The van der Waals surface area contributed by atoms with Crippen LogP contribution in [0.3, 0.4) is 0 Å². The molecule has 0 amide bonds. The van der Waals surface area contributed by atoms with Crippen LogP contribution in [-0.4, -0.2) is 54.5 Å². The Labute approximate surface area is 184 Å². The average molecular weight is 430 g/mol. The summed E-state index contributed by atoms with van der Waals surface area (Å²) in [5, 5.41) is 8.94. The van der Waals surface area contributed by atoms with E-state index in [0.717, 1.165) is 38.9 Å². The molecule has 30 heavy (non-hydrogen) atoms. The van der Waals surface area contributed by atoms with Gasteiger partial charge in [0.25, 0.3) is 0 Å². The Morgan fingerprint density at radius 1 is 0.800 bits per heavy atom. The lowest BCUT2D eigenvalue weighted by molar-refractivity contribution is -0.137. The molecule has 6 nitrogen and oxygen atoms in total. The predicted molar refractivity (Wildman–Crippen MR) is 122 cm³/mol. The lowest BCUT2D eigenvalue weighted by Crippen LogP contribution is -2.26. The molecule has 1 atom stereocenters. The number of carbonyl (C=O) groups is 2. The van der Waals surface area contributed by atoms with Crippen LogP contribution >= 0.6 is 0 Å². The van der Waals surface area contributed by atoms with Gasteiger partial charge >= 0.3 is 12.1 Å². The van der Waals surface area contributed by atoms with Crippen LogP contribution in [0.2, 0.25) is 0 Å². The quantitative estimate of drug-likeness (QED) is 0.168. The van der Waals surface area contributed by atoms with Gasteiger partial charge in [-0.1, -0.05) is 78.6 Å². The van der Waals surface area contributed by atoms with E-state index in [1.807, 2.05) is 0 Å². The number of carboxylic acid groups (broad SMARTS) is 1. The Kier molecular flexibility index (Phi) is 20.0. The van der Waals surface area contributed by atoms with E-state index in [9.17, 15) is 9.59 Å². The number of nitrogens with zero attached hydrogens (tertiary/aromatic N) is 1. The molecule has 0 fully saturated rings. The number of ether oxygens (including phenoxy) is 2. The Hall–Kier alpha value is -1.30. The molecule has 1 N–H and O–H groups in total. The molecule has 0 radical (unpaired) electrons. The van der Waals surface area contributed by atoms with Crippen molar-refractivity contribution < 1.29 is 24.2 Å². The lowest BCUT2D eigenvalue weighted by atomic mass is 10.0. The third kappa shape index (κ3) is 18.7. The maximum absolute atomic E-state index is 12.0. The van der Waals surface area contributed by atoms with Crippen molar-refractivity contribution in [2.75, 3.05) is 26.2 Å². The summed E-state index contributed by atoms with van der Waals surface area (Å²) >= 11 is 0. The van der Waals surface area contributed by atoms with E-state index in [2.05, 4.69) is 25.7 Å². The molecule has 6 heteroatoms. The van der Waals surface area contributed by atoms with Crippen LogP contribution < -0.4 is 0 Å². The normalized spacial score (nSPS) is 12.1. The number of carbonyl (C=O) groups excluding carboxylic acids is 1. The fourth-order valence-electron chi connectivity index (χ4n) is 3.56. The SMILES string of the molecule is CCCCCCCCCCCC[C@@H](CCC(=O)O)OC(=O)OCCCN(CC)CC. The summed E-state index contributed by atoms with van der Waals surface area (Å²) in [5.41, 5.74) is 0. The third-order valence-electron chi connectivity index (χ3n) is 5.56. The summed E-state index contributed by atoms with van der Waals surface area (Å²) in [6, 6.07) is 0. The monoisotopic (exact) mass is 429 g/mol. The van der Waals surface area contributed by atoms with Crippen molar-refractivity contribution in [1.82, 2.24) is 4.90 Å². The number of aliphatic carboxylic acids is 1. The minimum absolute atomic E-state index is 0.0116. The summed E-state index contributed by atoms with van der Waals surface area (Å²) in [6.45, 7) is 9.65. The first kappa shape index (κ1) is 28.7. The van der Waals surface area contributed by atoms with Crippen molar-refractivity contribution >= 4 is 12.1 Å². The lowest BCUT2D eigenvalue weighted by Gasteiger charge is -2.19. The van der Waals surface area contributed by atoms with Crippen molar-refractivity contribution in [3.63, 3.8) is 0 Å². The van der Waals surface area contributed by atoms with E-state index in [1.165, 1.54) is 51.4 Å². The van der Waals surface area contributed by atoms with E-state index in [-0.39, 0.29) is 12.5 Å². The minimum atomic E-state index is -0.862. The smallest absolute Gasteiger partial charge is 0.481 e. The highest BCUT2D eigenvalue weighted by atomic mass is 16.7. The Morgan fingerprint density at radius 2 is 1.37 bits per heavy atom. The first-order valence-corrected chi connectivity index (χ1v) is 12.3. The summed E-state index contributed by atoms with van der Waals surface area (Å²) in [5.74, 6) is -0.862.